The molecular formula is C21H23FN2O2. The maximum absolute atomic E-state index is 13.4. The van der Waals surface area contributed by atoms with Gasteiger partial charge in [-0.2, -0.15) is 0 Å². The van der Waals surface area contributed by atoms with E-state index in [0.29, 0.717) is 12.3 Å². The summed E-state index contributed by atoms with van der Waals surface area (Å²) in [5.74, 6) is 0.554. The van der Waals surface area contributed by atoms with E-state index in [2.05, 4.69) is 26.1 Å². The first-order valence-electron chi connectivity index (χ1n) is 8.95. The maximum atomic E-state index is 13.4. The van der Waals surface area contributed by atoms with Gasteiger partial charge in [0.05, 0.1) is 12.1 Å². The number of halogens is 1. The zero-order chi connectivity index (χ0) is 18.7. The lowest BCUT2D eigenvalue weighted by atomic mass is 9.84. The number of hydrogen-bond donors (Lipinski definition) is 1. The molecule has 4 rings (SSSR count). The number of amides is 2. The summed E-state index contributed by atoms with van der Waals surface area (Å²) in [6.45, 7) is 9.01. The molecule has 0 saturated heterocycles. The highest BCUT2D eigenvalue weighted by molar-refractivity contribution is 6.07. The summed E-state index contributed by atoms with van der Waals surface area (Å²) in [6.07, 6.45) is 0.761. The molecule has 2 amide bonds. The van der Waals surface area contributed by atoms with Gasteiger partial charge in [0, 0.05) is 22.5 Å². The van der Waals surface area contributed by atoms with Crippen LogP contribution in [0.2, 0.25) is 0 Å². The minimum atomic E-state index is -0.526. The number of nitrogens with zero attached hydrogens (tertiary/aromatic N) is 1. The fourth-order valence-electron chi connectivity index (χ4n) is 4.81. The molecule has 1 N–H and O–H groups in total. The average molecular weight is 354 g/mol. The topological polar surface area (TPSA) is 41.6 Å². The van der Waals surface area contributed by atoms with Crippen molar-refractivity contribution in [2.75, 3.05) is 16.8 Å². The molecule has 0 saturated carbocycles. The van der Waals surface area contributed by atoms with E-state index in [1.165, 1.54) is 12.1 Å². The molecule has 2 aromatic rings. The summed E-state index contributed by atoms with van der Waals surface area (Å²) < 4.78 is 19.3. The van der Waals surface area contributed by atoms with Gasteiger partial charge in [-0.25, -0.2) is 9.18 Å². The molecule has 1 heterocycles. The first kappa shape index (κ1) is 16.9. The van der Waals surface area contributed by atoms with Gasteiger partial charge in [-0.05, 0) is 62.1 Å². The second-order valence-electron chi connectivity index (χ2n) is 7.87. The van der Waals surface area contributed by atoms with Crippen molar-refractivity contribution in [3.05, 3.63) is 53.3 Å². The number of hydrogen-bond acceptors (Lipinski definition) is 2. The van der Waals surface area contributed by atoms with E-state index in [0.717, 1.165) is 29.0 Å². The van der Waals surface area contributed by atoms with Gasteiger partial charge >= 0.3 is 6.03 Å². The molecule has 0 fully saturated rings. The third kappa shape index (κ3) is 2.23. The van der Waals surface area contributed by atoms with Gasteiger partial charge < -0.3 is 10.1 Å². The van der Waals surface area contributed by atoms with E-state index in [1.54, 1.807) is 17.0 Å². The predicted octanol–water partition coefficient (Wildman–Crippen LogP) is 5.17. The second-order valence-corrected chi connectivity index (χ2v) is 7.87. The lowest BCUT2D eigenvalue weighted by molar-refractivity contribution is 0.245. The third-order valence-corrected chi connectivity index (χ3v) is 5.49. The number of carbonyl (C=O) groups is 1. The Hall–Kier alpha value is -2.56. The molecule has 1 aliphatic carbocycles. The highest BCUT2D eigenvalue weighted by Gasteiger charge is 2.55. The average Bonchev–Trinajstić information content (AvgIpc) is 2.79. The number of anilines is 2. The van der Waals surface area contributed by atoms with Gasteiger partial charge in [-0.15, -0.1) is 0 Å². The number of rotatable bonds is 3. The molecule has 0 radical (unpaired) electrons. The van der Waals surface area contributed by atoms with E-state index in [1.807, 2.05) is 19.1 Å². The van der Waals surface area contributed by atoms with Crippen molar-refractivity contribution in [2.45, 2.75) is 45.1 Å². The maximum Gasteiger partial charge on any atom is 0.327 e. The highest BCUT2D eigenvalue weighted by Crippen LogP contribution is 2.59. The fourth-order valence-corrected chi connectivity index (χ4v) is 4.81. The van der Waals surface area contributed by atoms with Crippen molar-refractivity contribution >= 4 is 17.4 Å². The van der Waals surface area contributed by atoms with Crippen molar-refractivity contribution in [1.29, 1.82) is 0 Å². The summed E-state index contributed by atoms with van der Waals surface area (Å²) in [4.78, 5) is 14.7. The standard InChI is InChI=1S/C21H23FN2O2/c1-5-26-16-11-10-15-17-18(16)20(2,3)12-21(17,4)24(19(25)23-15)14-8-6-13(22)7-9-14/h6-11H,5,12H2,1-4H3,(H,23,25)/t21-/m0/s1. The largest absolute Gasteiger partial charge is 0.494 e. The van der Waals surface area contributed by atoms with Gasteiger partial charge in [0.2, 0.25) is 0 Å². The Bertz CT molecular complexity index is 892. The Kier molecular flexibility index (Phi) is 3.55. The monoisotopic (exact) mass is 354 g/mol. The van der Waals surface area contributed by atoms with Crippen LogP contribution in [0, 0.1) is 5.82 Å². The summed E-state index contributed by atoms with van der Waals surface area (Å²) in [7, 11) is 0. The van der Waals surface area contributed by atoms with Gasteiger partial charge in [-0.1, -0.05) is 13.8 Å². The number of benzene rings is 2. The van der Waals surface area contributed by atoms with Crippen LogP contribution in [0.5, 0.6) is 5.75 Å². The molecular weight excluding hydrogens is 331 g/mol. The third-order valence-electron chi connectivity index (χ3n) is 5.49. The molecule has 0 aromatic heterocycles. The summed E-state index contributed by atoms with van der Waals surface area (Å²) in [5, 5.41) is 3.00. The number of urea groups is 1. The van der Waals surface area contributed by atoms with Crippen LogP contribution in [0.1, 0.15) is 45.2 Å². The molecule has 1 aliphatic heterocycles. The number of ether oxygens (including phenoxy) is 1. The van der Waals surface area contributed by atoms with E-state index in [9.17, 15) is 9.18 Å². The molecule has 2 aromatic carbocycles. The van der Waals surface area contributed by atoms with Crippen LogP contribution in [0.4, 0.5) is 20.6 Å². The van der Waals surface area contributed by atoms with Crippen molar-refractivity contribution in [2.24, 2.45) is 0 Å². The molecule has 136 valence electrons. The van der Waals surface area contributed by atoms with E-state index < -0.39 is 5.54 Å². The lowest BCUT2D eigenvalue weighted by Gasteiger charge is -2.44. The van der Waals surface area contributed by atoms with Crippen LogP contribution in [0.3, 0.4) is 0 Å². The van der Waals surface area contributed by atoms with Gasteiger partial charge in [0.25, 0.3) is 0 Å². The summed E-state index contributed by atoms with van der Waals surface area (Å²) in [5.41, 5.74) is 3.07. The highest BCUT2D eigenvalue weighted by atomic mass is 19.1. The second kappa shape index (κ2) is 5.47. The van der Waals surface area contributed by atoms with E-state index in [-0.39, 0.29) is 17.3 Å². The SMILES string of the molecule is CCOc1ccc2c3c1C(C)(C)C[C@]3(C)N(c1ccc(F)cc1)C(=O)N2. The molecule has 26 heavy (non-hydrogen) atoms. The Labute approximate surface area is 153 Å². The Morgan fingerprint density at radius 1 is 1.12 bits per heavy atom. The zero-order valence-electron chi connectivity index (χ0n) is 15.5. The van der Waals surface area contributed by atoms with Crippen LogP contribution in [-0.4, -0.2) is 12.6 Å². The van der Waals surface area contributed by atoms with Crippen LogP contribution in [0.25, 0.3) is 0 Å². The van der Waals surface area contributed by atoms with Gasteiger partial charge in [0.1, 0.15) is 11.6 Å². The summed E-state index contributed by atoms with van der Waals surface area (Å²) >= 11 is 0. The van der Waals surface area contributed by atoms with Gasteiger partial charge in [-0.3, -0.25) is 4.90 Å². The van der Waals surface area contributed by atoms with Crippen LogP contribution in [-0.2, 0) is 11.0 Å². The van der Waals surface area contributed by atoms with Crippen LogP contribution >= 0.6 is 0 Å². The Morgan fingerprint density at radius 3 is 2.46 bits per heavy atom. The Morgan fingerprint density at radius 2 is 1.81 bits per heavy atom. The molecule has 2 aliphatic rings. The van der Waals surface area contributed by atoms with Crippen LogP contribution < -0.4 is 15.0 Å². The smallest absolute Gasteiger partial charge is 0.327 e. The number of nitrogens with one attached hydrogen (secondary N) is 1. The molecule has 1 atom stereocenters. The molecule has 4 nitrogen and oxygen atoms in total. The molecule has 0 bridgehead atoms. The van der Waals surface area contributed by atoms with Crippen molar-refractivity contribution < 1.29 is 13.9 Å². The van der Waals surface area contributed by atoms with E-state index >= 15 is 0 Å². The fraction of sp³-hybridized carbons (Fsp3) is 0.381. The minimum absolute atomic E-state index is 0.158. The molecule has 5 heteroatoms. The first-order valence-corrected chi connectivity index (χ1v) is 8.95. The Balaban J connectivity index is 1.95. The lowest BCUT2D eigenvalue weighted by Crippen LogP contribution is -2.52. The first-order chi connectivity index (χ1) is 12.3. The minimum Gasteiger partial charge on any atom is -0.494 e. The molecule has 0 unspecified atom stereocenters. The summed E-state index contributed by atoms with van der Waals surface area (Å²) in [6, 6.07) is 9.76. The molecule has 0 spiro atoms. The van der Waals surface area contributed by atoms with Crippen molar-refractivity contribution in [1.82, 2.24) is 0 Å². The zero-order valence-corrected chi connectivity index (χ0v) is 15.5. The predicted molar refractivity (Wildman–Crippen MR) is 101 cm³/mol. The van der Waals surface area contributed by atoms with E-state index in [4.69, 9.17) is 4.74 Å². The van der Waals surface area contributed by atoms with Gasteiger partial charge in [0.15, 0.2) is 0 Å². The quantitative estimate of drug-likeness (QED) is 0.826. The van der Waals surface area contributed by atoms with Crippen LogP contribution in [0.15, 0.2) is 36.4 Å². The normalized spacial score (nSPS) is 22.8. The van der Waals surface area contributed by atoms with Crippen molar-refractivity contribution in [3.8, 4) is 5.75 Å². The van der Waals surface area contributed by atoms with Crippen molar-refractivity contribution in [3.63, 3.8) is 0 Å². The number of carbonyl (C=O) groups excluding carboxylic acids is 1.